The number of hydrogen-bond acceptors (Lipinski definition) is 2. The van der Waals surface area contributed by atoms with E-state index >= 15 is 0 Å². The molecule has 0 radical (unpaired) electrons. The summed E-state index contributed by atoms with van der Waals surface area (Å²) in [6, 6.07) is 1.56. The lowest BCUT2D eigenvalue weighted by atomic mass is 10.1. The van der Waals surface area contributed by atoms with Gasteiger partial charge in [-0.25, -0.2) is 0 Å². The highest BCUT2D eigenvalue weighted by Crippen LogP contribution is 2.18. The zero-order valence-corrected chi connectivity index (χ0v) is 8.05. The van der Waals surface area contributed by atoms with Gasteiger partial charge in [0.15, 0.2) is 0 Å². The summed E-state index contributed by atoms with van der Waals surface area (Å²) in [5.74, 6) is 0. The van der Waals surface area contributed by atoms with Crippen molar-refractivity contribution in [2.45, 2.75) is 44.7 Å². The molecule has 1 N–H and O–H groups in total. The first-order valence-electron chi connectivity index (χ1n) is 5.33. The van der Waals surface area contributed by atoms with Gasteiger partial charge in [0.1, 0.15) is 0 Å². The first-order chi connectivity index (χ1) is 5.86. The minimum absolute atomic E-state index is 0.708. The summed E-state index contributed by atoms with van der Waals surface area (Å²) in [7, 11) is 0. The Balaban J connectivity index is 1.94. The van der Waals surface area contributed by atoms with E-state index in [-0.39, 0.29) is 0 Å². The zero-order valence-electron chi connectivity index (χ0n) is 8.05. The zero-order chi connectivity index (χ0) is 8.39. The fraction of sp³-hybridized carbons (Fsp3) is 1.00. The molecule has 0 aromatic carbocycles. The molecule has 2 aliphatic rings. The Bertz CT molecular complexity index is 147. The van der Waals surface area contributed by atoms with Gasteiger partial charge in [-0.1, -0.05) is 12.8 Å². The van der Waals surface area contributed by atoms with E-state index in [0.29, 0.717) is 6.04 Å². The number of fused-ring (bicyclic) bond motifs is 1. The summed E-state index contributed by atoms with van der Waals surface area (Å²) in [5.41, 5.74) is 0. The van der Waals surface area contributed by atoms with Crippen LogP contribution in [-0.2, 0) is 0 Å². The Morgan fingerprint density at radius 2 is 2.17 bits per heavy atom. The molecule has 2 fully saturated rings. The monoisotopic (exact) mass is 168 g/mol. The summed E-state index contributed by atoms with van der Waals surface area (Å²) in [6.07, 6.45) is 5.72. The van der Waals surface area contributed by atoms with Gasteiger partial charge in [0.25, 0.3) is 0 Å². The van der Waals surface area contributed by atoms with Gasteiger partial charge in [0.05, 0.1) is 0 Å². The van der Waals surface area contributed by atoms with Gasteiger partial charge in [0.2, 0.25) is 0 Å². The smallest absolute Gasteiger partial charge is 0.0221 e. The normalized spacial score (nSPS) is 38.8. The molecule has 0 bridgehead atoms. The van der Waals surface area contributed by atoms with Crippen molar-refractivity contribution >= 4 is 0 Å². The van der Waals surface area contributed by atoms with Crippen molar-refractivity contribution in [3.05, 3.63) is 0 Å². The third kappa shape index (κ3) is 1.80. The lowest BCUT2D eigenvalue weighted by molar-refractivity contribution is 0.138. The first-order valence-corrected chi connectivity index (χ1v) is 5.33. The van der Waals surface area contributed by atoms with Gasteiger partial charge in [-0.2, -0.15) is 0 Å². The molecule has 1 unspecified atom stereocenters. The Morgan fingerprint density at radius 3 is 3.08 bits per heavy atom. The molecule has 12 heavy (non-hydrogen) atoms. The van der Waals surface area contributed by atoms with Crippen molar-refractivity contribution in [3.63, 3.8) is 0 Å². The average Bonchev–Trinajstić information content (AvgIpc) is 2.28. The highest BCUT2D eigenvalue weighted by molar-refractivity contribution is 4.85. The van der Waals surface area contributed by atoms with Crippen LogP contribution < -0.4 is 5.32 Å². The standard InChI is InChI=1S/C10H20N2/c1-9-8-12-6-4-2-3-5-10(12)7-11-9/h9-11H,2-8H2,1H3/t9-,10?/m0/s1. The minimum Gasteiger partial charge on any atom is -0.311 e. The van der Waals surface area contributed by atoms with Crippen molar-refractivity contribution in [2.75, 3.05) is 19.6 Å². The molecular formula is C10H20N2. The van der Waals surface area contributed by atoms with Crippen LogP contribution in [0.25, 0.3) is 0 Å². The van der Waals surface area contributed by atoms with E-state index in [1.54, 1.807) is 0 Å². The third-order valence-electron chi connectivity index (χ3n) is 3.21. The van der Waals surface area contributed by atoms with Gasteiger partial charge >= 0.3 is 0 Å². The van der Waals surface area contributed by atoms with Crippen LogP contribution in [0.2, 0.25) is 0 Å². The van der Waals surface area contributed by atoms with Crippen LogP contribution in [0.1, 0.15) is 32.6 Å². The van der Waals surface area contributed by atoms with Crippen LogP contribution in [-0.4, -0.2) is 36.6 Å². The molecule has 70 valence electrons. The fourth-order valence-corrected chi connectivity index (χ4v) is 2.46. The van der Waals surface area contributed by atoms with Gasteiger partial charge < -0.3 is 5.32 Å². The summed E-state index contributed by atoms with van der Waals surface area (Å²) < 4.78 is 0. The van der Waals surface area contributed by atoms with Crippen LogP contribution in [0.15, 0.2) is 0 Å². The maximum atomic E-state index is 3.57. The number of nitrogens with one attached hydrogen (secondary N) is 1. The van der Waals surface area contributed by atoms with Gasteiger partial charge in [-0.05, 0) is 26.3 Å². The average molecular weight is 168 g/mol. The molecule has 2 nitrogen and oxygen atoms in total. The summed E-state index contributed by atoms with van der Waals surface area (Å²) in [6.45, 7) is 6.13. The SMILES string of the molecule is C[C@H]1CN2CCCCCC2CN1. The maximum absolute atomic E-state index is 3.57. The van der Waals surface area contributed by atoms with Gasteiger partial charge in [-0.15, -0.1) is 0 Å². The van der Waals surface area contributed by atoms with E-state index in [9.17, 15) is 0 Å². The van der Waals surface area contributed by atoms with Crippen LogP contribution >= 0.6 is 0 Å². The van der Waals surface area contributed by atoms with Crippen molar-refractivity contribution < 1.29 is 0 Å². The molecule has 2 heteroatoms. The molecule has 0 spiro atoms. The number of hydrogen-bond donors (Lipinski definition) is 1. The lowest BCUT2D eigenvalue weighted by Gasteiger charge is -2.38. The van der Waals surface area contributed by atoms with Crippen LogP contribution in [0.3, 0.4) is 0 Å². The number of piperazine rings is 1. The largest absolute Gasteiger partial charge is 0.311 e. The number of nitrogens with zero attached hydrogens (tertiary/aromatic N) is 1. The molecule has 2 saturated heterocycles. The first kappa shape index (κ1) is 8.52. The molecule has 2 heterocycles. The lowest BCUT2D eigenvalue weighted by Crippen LogP contribution is -2.54. The summed E-state index contributed by atoms with van der Waals surface area (Å²) in [5, 5.41) is 3.57. The molecule has 0 amide bonds. The molecule has 0 aliphatic carbocycles. The van der Waals surface area contributed by atoms with Crippen LogP contribution in [0.4, 0.5) is 0 Å². The van der Waals surface area contributed by atoms with E-state index in [1.807, 2.05) is 0 Å². The van der Waals surface area contributed by atoms with Crippen LogP contribution in [0.5, 0.6) is 0 Å². The highest BCUT2D eigenvalue weighted by Gasteiger charge is 2.26. The van der Waals surface area contributed by atoms with Crippen molar-refractivity contribution in [3.8, 4) is 0 Å². The van der Waals surface area contributed by atoms with Crippen LogP contribution in [0, 0.1) is 0 Å². The molecule has 0 saturated carbocycles. The Hall–Kier alpha value is -0.0800. The predicted molar refractivity (Wildman–Crippen MR) is 51.3 cm³/mol. The quantitative estimate of drug-likeness (QED) is 0.585. The third-order valence-corrected chi connectivity index (χ3v) is 3.21. The van der Waals surface area contributed by atoms with E-state index in [4.69, 9.17) is 0 Å². The van der Waals surface area contributed by atoms with Gasteiger partial charge in [-0.3, -0.25) is 4.90 Å². The second-order valence-electron chi connectivity index (χ2n) is 4.31. The Morgan fingerprint density at radius 1 is 1.25 bits per heavy atom. The van der Waals surface area contributed by atoms with Crippen molar-refractivity contribution in [1.82, 2.24) is 10.2 Å². The Labute approximate surface area is 75.3 Å². The van der Waals surface area contributed by atoms with E-state index in [1.165, 1.54) is 45.3 Å². The predicted octanol–water partition coefficient (Wildman–Crippen LogP) is 1.22. The second-order valence-corrected chi connectivity index (χ2v) is 4.31. The van der Waals surface area contributed by atoms with E-state index in [2.05, 4.69) is 17.1 Å². The van der Waals surface area contributed by atoms with Crippen molar-refractivity contribution in [2.24, 2.45) is 0 Å². The second kappa shape index (κ2) is 3.75. The number of rotatable bonds is 0. The van der Waals surface area contributed by atoms with Gasteiger partial charge in [0, 0.05) is 25.2 Å². The van der Waals surface area contributed by atoms with E-state index < -0.39 is 0 Å². The summed E-state index contributed by atoms with van der Waals surface area (Å²) in [4.78, 5) is 2.69. The molecule has 2 aliphatic heterocycles. The highest BCUT2D eigenvalue weighted by atomic mass is 15.2. The fourth-order valence-electron chi connectivity index (χ4n) is 2.46. The maximum Gasteiger partial charge on any atom is 0.0221 e. The molecule has 0 aromatic heterocycles. The molecule has 2 rings (SSSR count). The van der Waals surface area contributed by atoms with Crippen molar-refractivity contribution in [1.29, 1.82) is 0 Å². The minimum atomic E-state index is 0.708. The van der Waals surface area contributed by atoms with E-state index in [0.717, 1.165) is 6.04 Å². The summed E-state index contributed by atoms with van der Waals surface area (Å²) >= 11 is 0. The molecule has 2 atom stereocenters. The molecular weight excluding hydrogens is 148 g/mol. The Kier molecular flexibility index (Phi) is 2.66. The topological polar surface area (TPSA) is 15.3 Å². The molecule has 0 aromatic rings.